The van der Waals surface area contributed by atoms with Gasteiger partial charge in [-0.25, -0.2) is 4.98 Å². The number of aryl methyl sites for hydroxylation is 1. The minimum Gasteiger partial charge on any atom is -0.381 e. The molecule has 0 spiro atoms. The molecule has 0 bridgehead atoms. The molecule has 8 heteroatoms. The van der Waals surface area contributed by atoms with E-state index >= 15 is 0 Å². The summed E-state index contributed by atoms with van der Waals surface area (Å²) in [5.41, 5.74) is 5.07. The van der Waals surface area contributed by atoms with Crippen LogP contribution in [0.4, 0.5) is 0 Å². The summed E-state index contributed by atoms with van der Waals surface area (Å²) in [5, 5.41) is 6.47. The van der Waals surface area contributed by atoms with Crippen molar-refractivity contribution in [2.75, 3.05) is 19.8 Å². The first kappa shape index (κ1) is 22.0. The van der Waals surface area contributed by atoms with Crippen molar-refractivity contribution in [3.8, 4) is 22.5 Å². The summed E-state index contributed by atoms with van der Waals surface area (Å²) < 4.78 is 9.79. The van der Waals surface area contributed by atoms with Gasteiger partial charge in [-0.2, -0.15) is 5.10 Å². The molecule has 5 heterocycles. The molecule has 1 saturated heterocycles. The lowest BCUT2D eigenvalue weighted by Gasteiger charge is -2.31. The van der Waals surface area contributed by atoms with Crippen LogP contribution in [-0.2, 0) is 29.7 Å². The fraction of sp³-hybridized carbons (Fsp3) is 0.407. The number of carbonyl (C=O) groups is 1. The molecule has 1 aromatic carbocycles. The van der Waals surface area contributed by atoms with E-state index in [-0.39, 0.29) is 5.91 Å². The van der Waals surface area contributed by atoms with Crippen LogP contribution >= 0.6 is 0 Å². The van der Waals surface area contributed by atoms with Gasteiger partial charge >= 0.3 is 0 Å². The van der Waals surface area contributed by atoms with Crippen molar-refractivity contribution in [3.05, 3.63) is 54.4 Å². The third-order valence-electron chi connectivity index (χ3n) is 7.30. The number of imidazole rings is 1. The maximum absolute atomic E-state index is 12.6. The average molecular weight is 471 g/mol. The van der Waals surface area contributed by atoms with E-state index < -0.39 is 0 Å². The second-order valence-corrected chi connectivity index (χ2v) is 9.47. The summed E-state index contributed by atoms with van der Waals surface area (Å²) in [6.07, 6.45) is 8.25. The van der Waals surface area contributed by atoms with E-state index in [1.165, 1.54) is 0 Å². The number of nitrogens with zero attached hydrogens (tertiary/aromatic N) is 6. The second-order valence-electron chi connectivity index (χ2n) is 9.47. The van der Waals surface area contributed by atoms with Gasteiger partial charge in [0.2, 0.25) is 5.91 Å². The standard InChI is InChI=1S/C27H30N6O2/c1-3-25(34)32-9-10-33-24(17-32)26(30-27(33)18-7-11-35-12-8-18)21-6-4-5-19-13-23(28-15-22(19)21)20-14-29-31(2)16-20/h4-6,13-16,18H,3,7-12,17H2,1-2H3. The van der Waals surface area contributed by atoms with Gasteiger partial charge in [0.05, 0.1) is 29.8 Å². The molecule has 0 N–H and O–H groups in total. The Balaban J connectivity index is 1.47. The highest BCUT2D eigenvalue weighted by Gasteiger charge is 2.31. The Kier molecular flexibility index (Phi) is 5.60. The molecule has 1 amide bonds. The third-order valence-corrected chi connectivity index (χ3v) is 7.30. The number of hydrogen-bond acceptors (Lipinski definition) is 5. The Labute approximate surface area is 204 Å². The molecule has 6 rings (SSSR count). The highest BCUT2D eigenvalue weighted by molar-refractivity contribution is 5.97. The fourth-order valence-electron chi connectivity index (χ4n) is 5.40. The topological polar surface area (TPSA) is 78.1 Å². The number of aromatic nitrogens is 5. The van der Waals surface area contributed by atoms with Crippen LogP contribution in [0.3, 0.4) is 0 Å². The van der Waals surface area contributed by atoms with E-state index in [0.29, 0.717) is 18.9 Å². The van der Waals surface area contributed by atoms with Crippen LogP contribution in [0.15, 0.2) is 42.9 Å². The van der Waals surface area contributed by atoms with Gasteiger partial charge in [-0.05, 0) is 24.3 Å². The number of pyridine rings is 1. The number of amides is 1. The first-order chi connectivity index (χ1) is 17.1. The van der Waals surface area contributed by atoms with Crippen LogP contribution in [0.2, 0.25) is 0 Å². The fourth-order valence-corrected chi connectivity index (χ4v) is 5.40. The predicted molar refractivity (Wildman–Crippen MR) is 134 cm³/mol. The molecule has 0 unspecified atom stereocenters. The van der Waals surface area contributed by atoms with E-state index in [4.69, 9.17) is 14.7 Å². The van der Waals surface area contributed by atoms with Crippen molar-refractivity contribution in [3.63, 3.8) is 0 Å². The van der Waals surface area contributed by atoms with Crippen LogP contribution in [0.1, 0.15) is 43.6 Å². The molecule has 0 atom stereocenters. The predicted octanol–water partition coefficient (Wildman–Crippen LogP) is 4.15. The smallest absolute Gasteiger partial charge is 0.222 e. The molecule has 180 valence electrons. The monoisotopic (exact) mass is 470 g/mol. The lowest BCUT2D eigenvalue weighted by atomic mass is 9.99. The number of carbonyl (C=O) groups excluding carboxylic acids is 1. The van der Waals surface area contributed by atoms with Crippen molar-refractivity contribution in [1.82, 2.24) is 29.2 Å². The van der Waals surface area contributed by atoms with Crippen molar-refractivity contribution in [1.29, 1.82) is 0 Å². The molecule has 35 heavy (non-hydrogen) atoms. The number of fused-ring (bicyclic) bond motifs is 2. The summed E-state index contributed by atoms with van der Waals surface area (Å²) in [6.45, 7) is 5.59. The zero-order chi connectivity index (χ0) is 23.9. The Bertz CT molecular complexity index is 1400. The first-order valence-electron chi connectivity index (χ1n) is 12.5. The van der Waals surface area contributed by atoms with Gasteiger partial charge in [-0.1, -0.05) is 25.1 Å². The molecule has 0 radical (unpaired) electrons. The number of rotatable bonds is 4. The normalized spacial score (nSPS) is 16.6. The van der Waals surface area contributed by atoms with Crippen molar-refractivity contribution < 1.29 is 9.53 Å². The van der Waals surface area contributed by atoms with Crippen LogP contribution in [0.25, 0.3) is 33.3 Å². The average Bonchev–Trinajstić information content (AvgIpc) is 3.51. The highest BCUT2D eigenvalue weighted by atomic mass is 16.5. The summed E-state index contributed by atoms with van der Waals surface area (Å²) >= 11 is 0. The van der Waals surface area contributed by atoms with Crippen LogP contribution in [-0.4, -0.2) is 54.9 Å². The molecular weight excluding hydrogens is 440 g/mol. The van der Waals surface area contributed by atoms with Gasteiger partial charge in [0.1, 0.15) is 5.82 Å². The maximum Gasteiger partial charge on any atom is 0.222 e. The van der Waals surface area contributed by atoms with Gasteiger partial charge in [0.15, 0.2) is 0 Å². The number of benzene rings is 1. The third kappa shape index (κ3) is 3.91. The van der Waals surface area contributed by atoms with E-state index in [1.807, 2.05) is 37.5 Å². The van der Waals surface area contributed by atoms with E-state index in [2.05, 4.69) is 33.9 Å². The van der Waals surface area contributed by atoms with Crippen LogP contribution in [0.5, 0.6) is 0 Å². The van der Waals surface area contributed by atoms with E-state index in [9.17, 15) is 4.79 Å². The summed E-state index contributed by atoms with van der Waals surface area (Å²) in [6, 6.07) is 8.45. The highest BCUT2D eigenvalue weighted by Crippen LogP contribution is 2.37. The summed E-state index contributed by atoms with van der Waals surface area (Å²) in [5.74, 6) is 1.71. The van der Waals surface area contributed by atoms with Gasteiger partial charge < -0.3 is 14.2 Å². The Morgan fingerprint density at radius 2 is 2.03 bits per heavy atom. The minimum atomic E-state index is 0.191. The molecule has 1 fully saturated rings. The maximum atomic E-state index is 12.6. The summed E-state index contributed by atoms with van der Waals surface area (Å²) in [4.78, 5) is 24.6. The first-order valence-corrected chi connectivity index (χ1v) is 12.5. The zero-order valence-electron chi connectivity index (χ0n) is 20.3. The van der Waals surface area contributed by atoms with Gasteiger partial charge in [0.25, 0.3) is 0 Å². The zero-order valence-corrected chi connectivity index (χ0v) is 20.3. The Morgan fingerprint density at radius 3 is 2.80 bits per heavy atom. The van der Waals surface area contributed by atoms with Crippen molar-refractivity contribution in [2.24, 2.45) is 7.05 Å². The molecule has 0 aliphatic carbocycles. The quantitative estimate of drug-likeness (QED) is 0.448. The molecule has 2 aliphatic heterocycles. The van der Waals surface area contributed by atoms with Gasteiger partial charge in [-0.3, -0.25) is 14.5 Å². The van der Waals surface area contributed by atoms with Crippen LogP contribution in [0, 0.1) is 0 Å². The van der Waals surface area contributed by atoms with E-state index in [1.54, 1.807) is 4.68 Å². The van der Waals surface area contributed by atoms with Gasteiger partial charge in [0, 0.05) is 74.6 Å². The van der Waals surface area contributed by atoms with Crippen LogP contribution < -0.4 is 0 Å². The summed E-state index contributed by atoms with van der Waals surface area (Å²) in [7, 11) is 1.91. The Hall–Kier alpha value is -3.52. The molecule has 2 aliphatic rings. The minimum absolute atomic E-state index is 0.191. The lowest BCUT2D eigenvalue weighted by Crippen LogP contribution is -2.38. The largest absolute Gasteiger partial charge is 0.381 e. The molecular formula is C27H30N6O2. The number of hydrogen-bond donors (Lipinski definition) is 0. The number of ether oxygens (including phenoxy) is 1. The molecule has 3 aromatic heterocycles. The molecule has 4 aromatic rings. The van der Waals surface area contributed by atoms with E-state index in [0.717, 1.165) is 84.0 Å². The molecule has 0 saturated carbocycles. The molecule has 8 nitrogen and oxygen atoms in total. The lowest BCUT2D eigenvalue weighted by molar-refractivity contribution is -0.132. The second kappa shape index (κ2) is 8.92. The van der Waals surface area contributed by atoms with Crippen molar-refractivity contribution >= 4 is 16.7 Å². The SMILES string of the molecule is CCC(=O)N1CCn2c(C3CCOCC3)nc(-c3cccc4cc(-c5cnn(C)c5)ncc34)c2C1. The van der Waals surface area contributed by atoms with Gasteiger partial charge in [-0.15, -0.1) is 0 Å². The Morgan fingerprint density at radius 1 is 1.17 bits per heavy atom. The van der Waals surface area contributed by atoms with Crippen molar-refractivity contribution in [2.45, 2.75) is 45.2 Å².